The molecule has 0 spiro atoms. The summed E-state index contributed by atoms with van der Waals surface area (Å²) in [5, 5.41) is 19.5. The number of nitro benzene ring substituents is 1. The van der Waals surface area contributed by atoms with Crippen molar-refractivity contribution in [3.05, 3.63) is 58.6 Å². The van der Waals surface area contributed by atoms with E-state index in [9.17, 15) is 14.9 Å². The summed E-state index contributed by atoms with van der Waals surface area (Å²) < 4.78 is 10.8. The number of ether oxygens (including phenoxy) is 2. The van der Waals surface area contributed by atoms with Crippen LogP contribution in [-0.4, -0.2) is 22.6 Å². The van der Waals surface area contributed by atoms with Gasteiger partial charge in [0.05, 0.1) is 18.0 Å². The highest BCUT2D eigenvalue weighted by Gasteiger charge is 2.14. The molecule has 0 aliphatic rings. The topological polar surface area (TPSA) is 98.9 Å². The van der Waals surface area contributed by atoms with Crippen LogP contribution in [0.25, 0.3) is 0 Å². The fourth-order valence-electron chi connectivity index (χ4n) is 1.70. The van der Waals surface area contributed by atoms with Crippen molar-refractivity contribution in [3.8, 4) is 17.2 Å². The molecule has 2 rings (SSSR count). The summed E-state index contributed by atoms with van der Waals surface area (Å²) in [6, 6.07) is 12.5. The molecule has 0 aliphatic heterocycles. The van der Waals surface area contributed by atoms with Crippen molar-refractivity contribution >= 4 is 11.7 Å². The van der Waals surface area contributed by atoms with Crippen LogP contribution in [0.2, 0.25) is 0 Å². The summed E-state index contributed by atoms with van der Waals surface area (Å²) in [6.07, 6.45) is -0.116. The minimum atomic E-state index is -0.952. The number of carbonyl (C=O) groups is 1. The molecular formula is C15H13NO6. The molecule has 2 aromatic rings. The molecule has 7 heteroatoms. The molecule has 2 aromatic carbocycles. The Morgan fingerprint density at radius 3 is 2.59 bits per heavy atom. The Kier molecular flexibility index (Phi) is 4.92. The number of carboxylic acid groups (broad SMARTS) is 1. The zero-order valence-corrected chi connectivity index (χ0v) is 11.5. The lowest BCUT2D eigenvalue weighted by Crippen LogP contribution is -2.04. The summed E-state index contributed by atoms with van der Waals surface area (Å²) >= 11 is 0. The first-order chi connectivity index (χ1) is 10.6. The van der Waals surface area contributed by atoms with Crippen LogP contribution in [0.3, 0.4) is 0 Å². The molecule has 1 N–H and O–H groups in total. The van der Waals surface area contributed by atoms with Crippen LogP contribution in [-0.2, 0) is 4.79 Å². The Morgan fingerprint density at radius 1 is 1.14 bits per heavy atom. The highest BCUT2D eigenvalue weighted by atomic mass is 16.6. The Bertz CT molecular complexity index is 685. The van der Waals surface area contributed by atoms with Crippen molar-refractivity contribution in [1.29, 1.82) is 0 Å². The van der Waals surface area contributed by atoms with Gasteiger partial charge < -0.3 is 14.6 Å². The molecule has 0 aromatic heterocycles. The highest BCUT2D eigenvalue weighted by Crippen LogP contribution is 2.32. The first kappa shape index (κ1) is 15.3. The standard InChI is InChI=1S/C15H13NO6/c17-15(18)8-9-21-11-4-3-5-12(10-11)22-14-7-2-1-6-13(14)16(19)20/h1-7,10H,8-9H2,(H,17,18). The van der Waals surface area contributed by atoms with Crippen molar-refractivity contribution in [2.24, 2.45) is 0 Å². The van der Waals surface area contributed by atoms with E-state index in [1.54, 1.807) is 36.4 Å². The van der Waals surface area contributed by atoms with Gasteiger partial charge in [-0.3, -0.25) is 14.9 Å². The van der Waals surface area contributed by atoms with Gasteiger partial charge in [0, 0.05) is 12.1 Å². The lowest BCUT2D eigenvalue weighted by atomic mass is 10.3. The first-order valence-corrected chi connectivity index (χ1v) is 6.42. The summed E-state index contributed by atoms with van der Waals surface area (Å²) in [6.45, 7) is 0.0320. The van der Waals surface area contributed by atoms with Crippen molar-refractivity contribution in [2.45, 2.75) is 6.42 Å². The van der Waals surface area contributed by atoms with Crippen LogP contribution in [0.15, 0.2) is 48.5 Å². The van der Waals surface area contributed by atoms with E-state index in [4.69, 9.17) is 14.6 Å². The van der Waals surface area contributed by atoms with Gasteiger partial charge in [-0.1, -0.05) is 18.2 Å². The molecular weight excluding hydrogens is 290 g/mol. The van der Waals surface area contributed by atoms with Crippen LogP contribution in [0.5, 0.6) is 17.2 Å². The quantitative estimate of drug-likeness (QED) is 0.622. The average molecular weight is 303 g/mol. The van der Waals surface area contributed by atoms with Gasteiger partial charge in [-0.15, -0.1) is 0 Å². The van der Waals surface area contributed by atoms with Crippen molar-refractivity contribution in [1.82, 2.24) is 0 Å². The monoisotopic (exact) mass is 303 g/mol. The fourth-order valence-corrected chi connectivity index (χ4v) is 1.70. The van der Waals surface area contributed by atoms with E-state index >= 15 is 0 Å². The van der Waals surface area contributed by atoms with E-state index < -0.39 is 10.9 Å². The molecule has 0 saturated heterocycles. The minimum absolute atomic E-state index is 0.0320. The Hall–Kier alpha value is -3.09. The summed E-state index contributed by atoms with van der Waals surface area (Å²) in [4.78, 5) is 20.8. The molecule has 0 aliphatic carbocycles. The summed E-state index contributed by atoms with van der Waals surface area (Å²) in [5.41, 5.74) is -0.139. The molecule has 0 fully saturated rings. The second-order valence-corrected chi connectivity index (χ2v) is 4.29. The van der Waals surface area contributed by atoms with Gasteiger partial charge in [0.2, 0.25) is 5.75 Å². The maximum Gasteiger partial charge on any atom is 0.311 e. The largest absolute Gasteiger partial charge is 0.493 e. The van der Waals surface area contributed by atoms with Crippen LogP contribution < -0.4 is 9.47 Å². The zero-order valence-electron chi connectivity index (χ0n) is 11.5. The Morgan fingerprint density at radius 2 is 1.86 bits per heavy atom. The molecule has 22 heavy (non-hydrogen) atoms. The number of para-hydroxylation sites is 2. The molecule has 0 bridgehead atoms. The fraction of sp³-hybridized carbons (Fsp3) is 0.133. The number of aliphatic carboxylic acids is 1. The molecule has 0 heterocycles. The normalized spacial score (nSPS) is 10.0. The molecule has 0 atom stereocenters. The van der Waals surface area contributed by atoms with E-state index in [0.29, 0.717) is 11.5 Å². The molecule has 0 saturated carbocycles. The zero-order chi connectivity index (χ0) is 15.9. The number of nitro groups is 1. The third-order valence-corrected chi connectivity index (χ3v) is 2.68. The van der Waals surface area contributed by atoms with Gasteiger partial charge in [0.25, 0.3) is 0 Å². The second kappa shape index (κ2) is 7.07. The lowest BCUT2D eigenvalue weighted by Gasteiger charge is -2.09. The van der Waals surface area contributed by atoms with Crippen molar-refractivity contribution in [3.63, 3.8) is 0 Å². The summed E-state index contributed by atoms with van der Waals surface area (Å²) in [5.74, 6) is -0.0399. The van der Waals surface area contributed by atoms with E-state index in [1.807, 2.05) is 0 Å². The average Bonchev–Trinajstić information content (AvgIpc) is 2.47. The van der Waals surface area contributed by atoms with Gasteiger partial charge in [-0.25, -0.2) is 0 Å². The van der Waals surface area contributed by atoms with Gasteiger partial charge in [-0.2, -0.15) is 0 Å². The van der Waals surface area contributed by atoms with Gasteiger partial charge >= 0.3 is 11.7 Å². The Labute approximate surface area is 125 Å². The molecule has 114 valence electrons. The number of rotatable bonds is 7. The SMILES string of the molecule is O=C(O)CCOc1cccc(Oc2ccccc2[N+](=O)[O-])c1. The predicted molar refractivity (Wildman–Crippen MR) is 77.4 cm³/mol. The van der Waals surface area contributed by atoms with E-state index in [-0.39, 0.29) is 24.5 Å². The van der Waals surface area contributed by atoms with Gasteiger partial charge in [0.15, 0.2) is 0 Å². The number of hydrogen-bond donors (Lipinski definition) is 1. The molecule has 0 amide bonds. The van der Waals surface area contributed by atoms with E-state index in [1.165, 1.54) is 12.1 Å². The number of nitrogens with zero attached hydrogens (tertiary/aromatic N) is 1. The van der Waals surface area contributed by atoms with Crippen LogP contribution in [0.1, 0.15) is 6.42 Å². The van der Waals surface area contributed by atoms with Crippen LogP contribution in [0, 0.1) is 10.1 Å². The van der Waals surface area contributed by atoms with Crippen LogP contribution >= 0.6 is 0 Å². The Balaban J connectivity index is 2.10. The summed E-state index contributed by atoms with van der Waals surface area (Å²) in [7, 11) is 0. The smallest absolute Gasteiger partial charge is 0.311 e. The maximum absolute atomic E-state index is 10.9. The predicted octanol–water partition coefficient (Wildman–Crippen LogP) is 3.24. The molecule has 0 radical (unpaired) electrons. The minimum Gasteiger partial charge on any atom is -0.493 e. The molecule has 7 nitrogen and oxygen atoms in total. The van der Waals surface area contributed by atoms with E-state index in [0.717, 1.165) is 0 Å². The van der Waals surface area contributed by atoms with Crippen molar-refractivity contribution < 1.29 is 24.3 Å². The van der Waals surface area contributed by atoms with Crippen LogP contribution in [0.4, 0.5) is 5.69 Å². The number of benzene rings is 2. The van der Waals surface area contributed by atoms with Gasteiger partial charge in [-0.05, 0) is 18.2 Å². The van der Waals surface area contributed by atoms with Crippen molar-refractivity contribution in [2.75, 3.05) is 6.61 Å². The third-order valence-electron chi connectivity index (χ3n) is 2.68. The van der Waals surface area contributed by atoms with E-state index in [2.05, 4.69) is 0 Å². The maximum atomic E-state index is 10.9. The third kappa shape index (κ3) is 4.20. The first-order valence-electron chi connectivity index (χ1n) is 6.42. The van der Waals surface area contributed by atoms with Gasteiger partial charge in [0.1, 0.15) is 11.5 Å². The second-order valence-electron chi connectivity index (χ2n) is 4.29. The lowest BCUT2D eigenvalue weighted by molar-refractivity contribution is -0.385. The number of hydrogen-bond acceptors (Lipinski definition) is 5. The molecule has 0 unspecified atom stereocenters. The highest BCUT2D eigenvalue weighted by molar-refractivity contribution is 5.66. The number of carboxylic acids is 1.